The van der Waals surface area contributed by atoms with Crippen molar-refractivity contribution in [2.24, 2.45) is 11.7 Å². The average Bonchev–Trinajstić information content (AvgIpc) is 3.13. The van der Waals surface area contributed by atoms with Crippen LogP contribution in [0.1, 0.15) is 30.1 Å². The van der Waals surface area contributed by atoms with Gasteiger partial charge in [-0.15, -0.1) is 12.4 Å². The summed E-state index contributed by atoms with van der Waals surface area (Å²) in [5.41, 5.74) is 6.18. The maximum absolute atomic E-state index is 12.1. The summed E-state index contributed by atoms with van der Waals surface area (Å²) < 4.78 is 0.908. The molecule has 0 radical (unpaired) electrons. The van der Waals surface area contributed by atoms with Crippen molar-refractivity contribution in [3.63, 3.8) is 0 Å². The predicted molar refractivity (Wildman–Crippen MR) is 79.0 cm³/mol. The molecule has 1 amide bonds. The SMILES string of the molecule is CC(CN)(NC(=O)c1cccc(Br)c1)C1CC1.Cl. The zero-order chi connectivity index (χ0) is 12.5. The molecule has 0 aromatic heterocycles. The molecule has 0 aliphatic heterocycles. The Labute approximate surface area is 122 Å². The molecule has 0 spiro atoms. The van der Waals surface area contributed by atoms with Crippen molar-refractivity contribution in [2.45, 2.75) is 25.3 Å². The summed E-state index contributed by atoms with van der Waals surface area (Å²) >= 11 is 3.36. The maximum Gasteiger partial charge on any atom is 0.251 e. The third-order valence-corrected chi connectivity index (χ3v) is 3.88. The molecule has 1 aliphatic rings. The fourth-order valence-electron chi connectivity index (χ4n) is 2.00. The summed E-state index contributed by atoms with van der Waals surface area (Å²) in [6.07, 6.45) is 2.32. The van der Waals surface area contributed by atoms with Gasteiger partial charge in [0.1, 0.15) is 0 Å². The number of hydrogen-bond acceptors (Lipinski definition) is 2. The zero-order valence-corrected chi connectivity index (χ0v) is 12.7. The van der Waals surface area contributed by atoms with E-state index in [-0.39, 0.29) is 23.9 Å². The van der Waals surface area contributed by atoms with Gasteiger partial charge in [0.05, 0.1) is 5.54 Å². The molecule has 3 N–H and O–H groups in total. The first-order valence-corrected chi connectivity index (χ1v) is 6.62. The van der Waals surface area contributed by atoms with Gasteiger partial charge in [0, 0.05) is 16.6 Å². The number of carbonyl (C=O) groups is 1. The van der Waals surface area contributed by atoms with Crippen molar-refractivity contribution in [2.75, 3.05) is 6.54 Å². The molecule has 5 heteroatoms. The first kappa shape index (κ1) is 15.5. The molecule has 1 atom stereocenters. The van der Waals surface area contributed by atoms with Gasteiger partial charge in [0.2, 0.25) is 0 Å². The van der Waals surface area contributed by atoms with Crippen LogP contribution < -0.4 is 11.1 Å². The molecular weight excluding hydrogens is 316 g/mol. The molecule has 0 saturated heterocycles. The second kappa shape index (κ2) is 6.04. The minimum absolute atomic E-state index is 0. The van der Waals surface area contributed by atoms with E-state index in [2.05, 4.69) is 21.2 Å². The fourth-order valence-corrected chi connectivity index (χ4v) is 2.40. The number of nitrogens with one attached hydrogen (secondary N) is 1. The zero-order valence-electron chi connectivity index (χ0n) is 10.3. The highest BCUT2D eigenvalue weighted by Crippen LogP contribution is 2.39. The molecule has 0 bridgehead atoms. The Balaban J connectivity index is 0.00000162. The van der Waals surface area contributed by atoms with Crippen molar-refractivity contribution in [3.8, 4) is 0 Å². The van der Waals surface area contributed by atoms with Crippen molar-refractivity contribution in [3.05, 3.63) is 34.3 Å². The highest BCUT2D eigenvalue weighted by atomic mass is 79.9. The standard InChI is InChI=1S/C13H17BrN2O.ClH/c1-13(8-15,10-5-6-10)16-12(17)9-3-2-4-11(14)7-9;/h2-4,7,10H,5-6,8,15H2,1H3,(H,16,17);1H. The van der Waals surface area contributed by atoms with Crippen LogP contribution in [0.3, 0.4) is 0 Å². The molecular formula is C13H18BrClN2O. The van der Waals surface area contributed by atoms with Crippen LogP contribution in [0, 0.1) is 5.92 Å². The summed E-state index contributed by atoms with van der Waals surface area (Å²) in [5, 5.41) is 3.06. The van der Waals surface area contributed by atoms with E-state index in [4.69, 9.17) is 5.73 Å². The van der Waals surface area contributed by atoms with Crippen LogP contribution in [0.5, 0.6) is 0 Å². The van der Waals surface area contributed by atoms with Crippen molar-refractivity contribution in [1.82, 2.24) is 5.32 Å². The number of halogens is 2. The largest absolute Gasteiger partial charge is 0.345 e. The monoisotopic (exact) mass is 332 g/mol. The first-order valence-electron chi connectivity index (χ1n) is 5.83. The third-order valence-electron chi connectivity index (χ3n) is 3.39. The fraction of sp³-hybridized carbons (Fsp3) is 0.462. The molecule has 1 aromatic rings. The van der Waals surface area contributed by atoms with Crippen molar-refractivity contribution < 1.29 is 4.79 Å². The predicted octanol–water partition coefficient (Wildman–Crippen LogP) is 2.73. The van der Waals surface area contributed by atoms with Gasteiger partial charge in [-0.3, -0.25) is 4.79 Å². The van der Waals surface area contributed by atoms with E-state index in [1.807, 2.05) is 31.2 Å². The Morgan fingerprint density at radius 2 is 2.22 bits per heavy atom. The van der Waals surface area contributed by atoms with E-state index in [9.17, 15) is 4.79 Å². The van der Waals surface area contributed by atoms with Crippen LogP contribution in [0.4, 0.5) is 0 Å². The van der Waals surface area contributed by atoms with E-state index in [0.717, 1.165) is 17.3 Å². The van der Waals surface area contributed by atoms with Gasteiger partial charge >= 0.3 is 0 Å². The minimum atomic E-state index is -0.264. The van der Waals surface area contributed by atoms with E-state index in [1.54, 1.807) is 0 Å². The van der Waals surface area contributed by atoms with E-state index in [1.165, 1.54) is 0 Å². The van der Waals surface area contributed by atoms with Crippen LogP contribution in [-0.2, 0) is 0 Å². The summed E-state index contributed by atoms with van der Waals surface area (Å²) in [7, 11) is 0. The highest BCUT2D eigenvalue weighted by Gasteiger charge is 2.41. The molecule has 1 unspecified atom stereocenters. The number of nitrogens with two attached hydrogens (primary N) is 1. The lowest BCUT2D eigenvalue weighted by Gasteiger charge is -2.29. The van der Waals surface area contributed by atoms with Gasteiger partial charge in [-0.05, 0) is 43.9 Å². The van der Waals surface area contributed by atoms with Crippen LogP contribution in [0.25, 0.3) is 0 Å². The summed E-state index contributed by atoms with van der Waals surface area (Å²) in [4.78, 5) is 12.1. The molecule has 0 heterocycles. The third kappa shape index (κ3) is 3.46. The number of benzene rings is 1. The number of carbonyl (C=O) groups excluding carboxylic acids is 1. The van der Waals surface area contributed by atoms with Crippen LogP contribution in [-0.4, -0.2) is 18.0 Å². The van der Waals surface area contributed by atoms with E-state index >= 15 is 0 Å². The van der Waals surface area contributed by atoms with E-state index < -0.39 is 0 Å². The molecule has 100 valence electrons. The minimum Gasteiger partial charge on any atom is -0.345 e. The second-order valence-corrected chi connectivity index (χ2v) is 5.78. The van der Waals surface area contributed by atoms with E-state index in [0.29, 0.717) is 18.0 Å². The lowest BCUT2D eigenvalue weighted by Crippen LogP contribution is -2.53. The Bertz CT molecular complexity index is 437. The Kier molecular flexibility index (Phi) is 5.20. The van der Waals surface area contributed by atoms with Gasteiger partial charge in [-0.2, -0.15) is 0 Å². The van der Waals surface area contributed by atoms with Crippen LogP contribution in [0.15, 0.2) is 28.7 Å². The Morgan fingerprint density at radius 1 is 1.56 bits per heavy atom. The Morgan fingerprint density at radius 3 is 2.72 bits per heavy atom. The molecule has 1 fully saturated rings. The van der Waals surface area contributed by atoms with Crippen LogP contribution >= 0.6 is 28.3 Å². The van der Waals surface area contributed by atoms with Gasteiger partial charge in [-0.25, -0.2) is 0 Å². The highest BCUT2D eigenvalue weighted by molar-refractivity contribution is 9.10. The quantitative estimate of drug-likeness (QED) is 0.890. The van der Waals surface area contributed by atoms with Crippen molar-refractivity contribution >= 4 is 34.2 Å². The summed E-state index contributed by atoms with van der Waals surface area (Å²) in [6, 6.07) is 7.39. The molecule has 1 aromatic carbocycles. The Hall–Kier alpha value is -0.580. The lowest BCUT2D eigenvalue weighted by atomic mass is 9.95. The maximum atomic E-state index is 12.1. The first-order chi connectivity index (χ1) is 8.05. The molecule has 1 saturated carbocycles. The summed E-state index contributed by atoms with van der Waals surface area (Å²) in [6.45, 7) is 2.51. The lowest BCUT2D eigenvalue weighted by molar-refractivity contribution is 0.0898. The normalized spacial score (nSPS) is 17.5. The molecule has 1 aliphatic carbocycles. The van der Waals surface area contributed by atoms with Crippen molar-refractivity contribution in [1.29, 1.82) is 0 Å². The summed E-state index contributed by atoms with van der Waals surface area (Å²) in [5.74, 6) is 0.481. The second-order valence-electron chi connectivity index (χ2n) is 4.86. The van der Waals surface area contributed by atoms with Gasteiger partial charge in [-0.1, -0.05) is 22.0 Å². The number of hydrogen-bond donors (Lipinski definition) is 2. The average molecular weight is 334 g/mol. The smallest absolute Gasteiger partial charge is 0.251 e. The van der Waals surface area contributed by atoms with Crippen LogP contribution in [0.2, 0.25) is 0 Å². The van der Waals surface area contributed by atoms with Gasteiger partial charge < -0.3 is 11.1 Å². The molecule has 18 heavy (non-hydrogen) atoms. The molecule has 3 nitrogen and oxygen atoms in total. The van der Waals surface area contributed by atoms with Gasteiger partial charge in [0.15, 0.2) is 0 Å². The van der Waals surface area contributed by atoms with Gasteiger partial charge in [0.25, 0.3) is 5.91 Å². The number of amides is 1. The topological polar surface area (TPSA) is 55.1 Å². The number of rotatable bonds is 4. The molecule has 2 rings (SSSR count).